The second kappa shape index (κ2) is 9.32. The van der Waals surface area contributed by atoms with Crippen LogP contribution in [0.4, 0.5) is 0 Å². The predicted molar refractivity (Wildman–Crippen MR) is 111 cm³/mol. The maximum Gasteiger partial charge on any atom is 0.194 e. The van der Waals surface area contributed by atoms with Crippen molar-refractivity contribution in [2.75, 3.05) is 32.7 Å². The van der Waals surface area contributed by atoms with Gasteiger partial charge in [0.1, 0.15) is 12.4 Å². The molecule has 1 N–H and O–H groups in total. The van der Waals surface area contributed by atoms with Gasteiger partial charge in [-0.05, 0) is 24.3 Å². The molecule has 148 valence electrons. The highest BCUT2D eigenvalue weighted by Gasteiger charge is 2.20. The van der Waals surface area contributed by atoms with E-state index in [4.69, 9.17) is 4.99 Å². The Bertz CT molecular complexity index is 727. The quantitative estimate of drug-likeness (QED) is 0.606. The Morgan fingerprint density at radius 3 is 2.63 bits per heavy atom. The van der Waals surface area contributed by atoms with Crippen LogP contribution in [0.1, 0.15) is 30.4 Å². The number of nitrogens with zero attached hydrogens (tertiary/aromatic N) is 6. The lowest BCUT2D eigenvalue weighted by molar-refractivity contribution is 0.163. The molecule has 7 nitrogen and oxygen atoms in total. The maximum absolute atomic E-state index is 4.87. The number of piperazine rings is 1. The molecule has 0 aliphatic carbocycles. The van der Waals surface area contributed by atoms with Gasteiger partial charge in [-0.25, -0.2) is 4.99 Å². The summed E-state index contributed by atoms with van der Waals surface area (Å²) < 4.78 is 2.00. The zero-order valence-electron chi connectivity index (χ0n) is 16.9. The molecule has 0 atom stereocenters. The third kappa shape index (κ3) is 5.52. The summed E-state index contributed by atoms with van der Waals surface area (Å²) in [7, 11) is 1.99. The van der Waals surface area contributed by atoms with Crippen LogP contribution in [0, 0.1) is 12.8 Å². The monoisotopic (exact) mass is 389 g/mol. The molecule has 0 saturated carbocycles. The van der Waals surface area contributed by atoms with E-state index in [-0.39, 0.29) is 0 Å². The van der Waals surface area contributed by atoms with Gasteiger partial charge in [-0.1, -0.05) is 19.9 Å². The second-order valence-corrected chi connectivity index (χ2v) is 8.51. The minimum atomic E-state index is 0.538. The van der Waals surface area contributed by atoms with Crippen molar-refractivity contribution in [3.63, 3.8) is 0 Å². The van der Waals surface area contributed by atoms with Gasteiger partial charge in [0.05, 0.1) is 6.54 Å². The van der Waals surface area contributed by atoms with E-state index in [1.807, 2.05) is 18.5 Å². The predicted octanol–water partition coefficient (Wildman–Crippen LogP) is 2.10. The molecule has 27 heavy (non-hydrogen) atoms. The molecule has 1 saturated heterocycles. The van der Waals surface area contributed by atoms with Crippen molar-refractivity contribution >= 4 is 17.3 Å². The molecule has 0 aromatic carbocycles. The largest absolute Gasteiger partial charge is 0.351 e. The summed E-state index contributed by atoms with van der Waals surface area (Å²) in [5, 5.41) is 14.0. The number of rotatable bonds is 6. The van der Waals surface area contributed by atoms with Gasteiger partial charge in [-0.2, -0.15) is 0 Å². The Balaban J connectivity index is 1.65. The van der Waals surface area contributed by atoms with Crippen LogP contribution >= 0.6 is 11.3 Å². The molecule has 1 aliphatic heterocycles. The average molecular weight is 390 g/mol. The molecule has 0 unspecified atom stereocenters. The van der Waals surface area contributed by atoms with Crippen molar-refractivity contribution in [3.05, 3.63) is 34.0 Å². The minimum Gasteiger partial charge on any atom is -0.351 e. The number of hydrogen-bond donors (Lipinski definition) is 1. The number of nitrogens with one attached hydrogen (secondary N) is 1. The highest BCUT2D eigenvalue weighted by molar-refractivity contribution is 7.09. The van der Waals surface area contributed by atoms with Crippen molar-refractivity contribution in [2.45, 2.75) is 33.9 Å². The van der Waals surface area contributed by atoms with Crippen molar-refractivity contribution in [3.8, 4) is 0 Å². The van der Waals surface area contributed by atoms with Gasteiger partial charge in [-0.3, -0.25) is 4.90 Å². The molecule has 1 fully saturated rings. The lowest BCUT2D eigenvalue weighted by atomic mass is 10.2. The van der Waals surface area contributed by atoms with Crippen LogP contribution in [0.5, 0.6) is 0 Å². The molecule has 3 rings (SSSR count). The molecule has 0 radical (unpaired) electrons. The summed E-state index contributed by atoms with van der Waals surface area (Å²) in [5.74, 6) is 3.48. The van der Waals surface area contributed by atoms with Crippen LogP contribution in [-0.2, 0) is 20.1 Å². The Morgan fingerprint density at radius 2 is 2.04 bits per heavy atom. The summed E-state index contributed by atoms with van der Waals surface area (Å²) in [6.45, 7) is 13.2. The van der Waals surface area contributed by atoms with E-state index in [1.165, 1.54) is 11.4 Å². The van der Waals surface area contributed by atoms with Crippen molar-refractivity contribution in [2.24, 2.45) is 18.0 Å². The summed E-state index contributed by atoms with van der Waals surface area (Å²) in [5.41, 5.74) is 0. The first kappa shape index (κ1) is 19.8. The molecule has 0 bridgehead atoms. The molecule has 0 spiro atoms. The Labute approximate surface area is 166 Å². The number of aryl methyl sites for hydroxylation is 1. The first-order chi connectivity index (χ1) is 13.0. The molecule has 0 amide bonds. The van der Waals surface area contributed by atoms with Gasteiger partial charge in [0.2, 0.25) is 0 Å². The molecule has 2 aromatic rings. The van der Waals surface area contributed by atoms with Crippen LogP contribution in [0.25, 0.3) is 0 Å². The summed E-state index contributed by atoms with van der Waals surface area (Å²) in [6, 6.07) is 4.24. The first-order valence-electron chi connectivity index (χ1n) is 9.65. The Hall–Kier alpha value is -1.93. The lowest BCUT2D eigenvalue weighted by Crippen LogP contribution is -2.52. The molecular formula is C19H31N7S. The first-order valence-corrected chi connectivity index (χ1v) is 10.5. The zero-order valence-corrected chi connectivity index (χ0v) is 17.7. The second-order valence-electron chi connectivity index (χ2n) is 7.48. The lowest BCUT2D eigenvalue weighted by Gasteiger charge is -2.37. The van der Waals surface area contributed by atoms with E-state index >= 15 is 0 Å². The highest BCUT2D eigenvalue weighted by atomic mass is 32.1. The highest BCUT2D eigenvalue weighted by Crippen LogP contribution is 2.10. The fourth-order valence-electron chi connectivity index (χ4n) is 3.24. The van der Waals surface area contributed by atoms with Crippen molar-refractivity contribution in [1.29, 1.82) is 0 Å². The minimum absolute atomic E-state index is 0.538. The Kier molecular flexibility index (Phi) is 6.84. The van der Waals surface area contributed by atoms with Crippen LogP contribution < -0.4 is 5.32 Å². The topological polar surface area (TPSA) is 61.6 Å². The summed E-state index contributed by atoms with van der Waals surface area (Å²) in [4.78, 5) is 11.1. The van der Waals surface area contributed by atoms with E-state index in [0.717, 1.165) is 50.3 Å². The fourth-order valence-corrected chi connectivity index (χ4v) is 3.88. The number of hydrogen-bond acceptors (Lipinski definition) is 5. The number of guanidine groups is 1. The van der Waals surface area contributed by atoms with Gasteiger partial charge in [0, 0.05) is 44.6 Å². The normalized spacial score (nSPS) is 16.3. The van der Waals surface area contributed by atoms with E-state index in [9.17, 15) is 0 Å². The van der Waals surface area contributed by atoms with Gasteiger partial charge < -0.3 is 14.8 Å². The van der Waals surface area contributed by atoms with E-state index in [1.54, 1.807) is 11.3 Å². The standard InChI is InChI=1S/C19H31N7S/c1-15(2)14-25-7-9-26(10-8-25)19(20-12-17-6-5-11-27-17)21-13-18-23-22-16(3)24(18)4/h5-6,11,15H,7-10,12-14H2,1-4H3,(H,20,21). The van der Waals surface area contributed by atoms with E-state index < -0.39 is 0 Å². The third-order valence-corrected chi connectivity index (χ3v) is 5.73. The third-order valence-electron chi connectivity index (χ3n) is 4.85. The maximum atomic E-state index is 4.87. The molecule has 1 aliphatic rings. The fraction of sp³-hybridized carbons (Fsp3) is 0.632. The van der Waals surface area contributed by atoms with E-state index in [0.29, 0.717) is 12.5 Å². The zero-order chi connectivity index (χ0) is 19.2. The number of thiophene rings is 1. The van der Waals surface area contributed by atoms with E-state index in [2.05, 4.69) is 56.7 Å². The molecule has 3 heterocycles. The van der Waals surface area contributed by atoms with Gasteiger partial charge in [0.15, 0.2) is 11.8 Å². The average Bonchev–Trinajstić information content (AvgIpc) is 3.27. The van der Waals surface area contributed by atoms with Gasteiger partial charge in [0.25, 0.3) is 0 Å². The number of aliphatic imine (C=N–C) groups is 1. The number of aromatic nitrogens is 3. The smallest absolute Gasteiger partial charge is 0.194 e. The van der Waals surface area contributed by atoms with Crippen LogP contribution in [-0.4, -0.2) is 63.2 Å². The van der Waals surface area contributed by atoms with Crippen molar-refractivity contribution in [1.82, 2.24) is 29.9 Å². The molecule has 2 aromatic heterocycles. The molecular weight excluding hydrogens is 358 g/mol. The Morgan fingerprint density at radius 1 is 1.26 bits per heavy atom. The summed E-state index contributed by atoms with van der Waals surface area (Å²) >= 11 is 1.77. The van der Waals surface area contributed by atoms with Gasteiger partial charge in [-0.15, -0.1) is 21.5 Å². The SMILES string of the molecule is Cc1nnc(CN=C(NCc2cccs2)N2CCN(CC(C)C)CC2)n1C. The molecule has 8 heteroatoms. The van der Waals surface area contributed by atoms with Crippen molar-refractivity contribution < 1.29 is 0 Å². The van der Waals surface area contributed by atoms with Crippen LogP contribution in [0.2, 0.25) is 0 Å². The summed E-state index contributed by atoms with van der Waals surface area (Å²) in [6.07, 6.45) is 0. The van der Waals surface area contributed by atoms with Crippen LogP contribution in [0.15, 0.2) is 22.5 Å². The van der Waals surface area contributed by atoms with Crippen LogP contribution in [0.3, 0.4) is 0 Å². The van der Waals surface area contributed by atoms with Gasteiger partial charge >= 0.3 is 0 Å².